The lowest BCUT2D eigenvalue weighted by Gasteiger charge is -2.43. The molecule has 6 nitrogen and oxygen atoms in total. The average Bonchev–Trinajstić information content (AvgIpc) is 2.84. The van der Waals surface area contributed by atoms with Gasteiger partial charge in [0.1, 0.15) is 5.75 Å². The van der Waals surface area contributed by atoms with E-state index in [2.05, 4.69) is 0 Å². The van der Waals surface area contributed by atoms with E-state index in [0.29, 0.717) is 73.8 Å². The van der Waals surface area contributed by atoms with E-state index < -0.39 is 5.41 Å². The Morgan fingerprint density at radius 3 is 2.42 bits per heavy atom. The first-order chi connectivity index (χ1) is 16.0. The van der Waals surface area contributed by atoms with Gasteiger partial charge in [-0.05, 0) is 49.2 Å². The van der Waals surface area contributed by atoms with Crippen LogP contribution in [0, 0.1) is 5.41 Å². The van der Waals surface area contributed by atoms with Gasteiger partial charge in [-0.25, -0.2) is 0 Å². The fraction of sp³-hybridized carbons (Fsp3) is 0.440. The van der Waals surface area contributed by atoms with Crippen molar-refractivity contribution in [3.05, 3.63) is 64.1 Å². The summed E-state index contributed by atoms with van der Waals surface area (Å²) >= 11 is 12.3. The Morgan fingerprint density at radius 2 is 1.70 bits per heavy atom. The number of benzene rings is 2. The first kappa shape index (κ1) is 23.9. The van der Waals surface area contributed by atoms with E-state index in [1.165, 1.54) is 0 Å². The molecule has 0 N–H and O–H groups in total. The number of nitrogens with zero attached hydrogens (tertiary/aromatic N) is 2. The van der Waals surface area contributed by atoms with E-state index in [1.807, 2.05) is 28.0 Å². The molecule has 2 aliphatic heterocycles. The van der Waals surface area contributed by atoms with Crippen molar-refractivity contribution in [2.24, 2.45) is 5.41 Å². The molecule has 0 spiro atoms. The molecule has 4 rings (SSSR count). The molecule has 1 atom stereocenters. The first-order valence-electron chi connectivity index (χ1n) is 11.2. The zero-order valence-electron chi connectivity index (χ0n) is 18.5. The van der Waals surface area contributed by atoms with Crippen molar-refractivity contribution in [1.29, 1.82) is 0 Å². The Kier molecular flexibility index (Phi) is 7.78. The van der Waals surface area contributed by atoms with E-state index >= 15 is 0 Å². The predicted molar refractivity (Wildman–Crippen MR) is 128 cm³/mol. The SMILES string of the molecule is O=C(C[C@@]1(COc2ccc(Cl)cc2)CCCN(C(=O)c2ccccc2Cl)C1)N1CCOCC1. The summed E-state index contributed by atoms with van der Waals surface area (Å²) in [6, 6.07) is 14.3. The molecule has 2 aromatic carbocycles. The number of halogens is 2. The van der Waals surface area contributed by atoms with Crippen LogP contribution in [0.15, 0.2) is 48.5 Å². The van der Waals surface area contributed by atoms with Crippen LogP contribution in [0.1, 0.15) is 29.6 Å². The van der Waals surface area contributed by atoms with Crippen LogP contribution in [0.25, 0.3) is 0 Å². The van der Waals surface area contributed by atoms with Gasteiger partial charge in [0.2, 0.25) is 5.91 Å². The molecule has 0 radical (unpaired) electrons. The molecule has 0 bridgehead atoms. The highest BCUT2D eigenvalue weighted by Crippen LogP contribution is 2.36. The number of carbonyl (C=O) groups excluding carboxylic acids is 2. The summed E-state index contributed by atoms with van der Waals surface area (Å²) in [6.07, 6.45) is 1.90. The van der Waals surface area contributed by atoms with Crippen molar-refractivity contribution in [2.45, 2.75) is 19.3 Å². The van der Waals surface area contributed by atoms with Crippen molar-refractivity contribution in [1.82, 2.24) is 9.80 Å². The smallest absolute Gasteiger partial charge is 0.255 e. The second-order valence-electron chi connectivity index (χ2n) is 8.72. The molecule has 0 aromatic heterocycles. The fourth-order valence-electron chi connectivity index (χ4n) is 4.51. The molecule has 2 amide bonds. The van der Waals surface area contributed by atoms with Gasteiger partial charge in [0.25, 0.3) is 5.91 Å². The maximum Gasteiger partial charge on any atom is 0.255 e. The second-order valence-corrected chi connectivity index (χ2v) is 9.57. The minimum atomic E-state index is -0.496. The van der Waals surface area contributed by atoms with Gasteiger partial charge in [0, 0.05) is 43.0 Å². The fourth-order valence-corrected chi connectivity index (χ4v) is 4.85. The number of hydrogen-bond donors (Lipinski definition) is 0. The lowest BCUT2D eigenvalue weighted by atomic mass is 9.77. The molecule has 0 aliphatic carbocycles. The molecule has 2 heterocycles. The van der Waals surface area contributed by atoms with Gasteiger partial charge >= 0.3 is 0 Å². The predicted octanol–water partition coefficient (Wildman–Crippen LogP) is 4.54. The van der Waals surface area contributed by atoms with E-state index in [-0.39, 0.29) is 11.8 Å². The Balaban J connectivity index is 1.54. The summed E-state index contributed by atoms with van der Waals surface area (Å²) in [5.74, 6) is 0.646. The van der Waals surface area contributed by atoms with Gasteiger partial charge in [-0.1, -0.05) is 35.3 Å². The average molecular weight is 491 g/mol. The summed E-state index contributed by atoms with van der Waals surface area (Å²) in [6.45, 7) is 3.68. The van der Waals surface area contributed by atoms with Crippen LogP contribution in [-0.2, 0) is 9.53 Å². The number of rotatable bonds is 6. The van der Waals surface area contributed by atoms with E-state index in [0.717, 1.165) is 12.8 Å². The Morgan fingerprint density at radius 1 is 0.970 bits per heavy atom. The highest BCUT2D eigenvalue weighted by atomic mass is 35.5. The molecular weight excluding hydrogens is 463 g/mol. The van der Waals surface area contributed by atoms with Crippen molar-refractivity contribution in [3.63, 3.8) is 0 Å². The summed E-state index contributed by atoms with van der Waals surface area (Å²) in [5, 5.41) is 1.06. The van der Waals surface area contributed by atoms with Crippen molar-refractivity contribution < 1.29 is 19.1 Å². The zero-order valence-corrected chi connectivity index (χ0v) is 20.0. The summed E-state index contributed by atoms with van der Waals surface area (Å²) in [5.41, 5.74) is -0.0161. The van der Waals surface area contributed by atoms with Crippen LogP contribution in [0.4, 0.5) is 0 Å². The zero-order chi connectivity index (χ0) is 23.3. The number of carbonyl (C=O) groups is 2. The van der Waals surface area contributed by atoms with Gasteiger partial charge in [-0.2, -0.15) is 0 Å². The number of hydrogen-bond acceptors (Lipinski definition) is 4. The van der Waals surface area contributed by atoms with Gasteiger partial charge in [0.15, 0.2) is 0 Å². The molecule has 8 heteroatoms. The molecule has 2 aliphatic rings. The minimum absolute atomic E-state index is 0.0741. The largest absolute Gasteiger partial charge is 0.493 e. The van der Waals surface area contributed by atoms with Gasteiger partial charge in [0.05, 0.1) is 30.4 Å². The van der Waals surface area contributed by atoms with Crippen LogP contribution in [0.2, 0.25) is 10.0 Å². The normalized spacial score (nSPS) is 21.0. The van der Waals surface area contributed by atoms with Gasteiger partial charge in [-0.3, -0.25) is 9.59 Å². The molecule has 33 heavy (non-hydrogen) atoms. The summed E-state index contributed by atoms with van der Waals surface area (Å²) in [4.78, 5) is 30.1. The van der Waals surface area contributed by atoms with E-state index in [9.17, 15) is 9.59 Å². The quantitative estimate of drug-likeness (QED) is 0.596. The standard InChI is InChI=1S/C25H28Cl2N2O4/c26-19-6-8-20(9-7-19)33-18-25(16-23(30)28-12-14-32-15-13-28)10-3-11-29(17-25)24(31)21-4-1-2-5-22(21)27/h1-2,4-9H,3,10-18H2/t25-/m0/s1. The molecule has 0 saturated carbocycles. The lowest BCUT2D eigenvalue weighted by molar-refractivity contribution is -0.139. The lowest BCUT2D eigenvalue weighted by Crippen LogP contribution is -2.52. The molecule has 2 fully saturated rings. The highest BCUT2D eigenvalue weighted by Gasteiger charge is 2.41. The number of amides is 2. The third-order valence-electron chi connectivity index (χ3n) is 6.30. The van der Waals surface area contributed by atoms with Crippen molar-refractivity contribution >= 4 is 35.0 Å². The van der Waals surface area contributed by atoms with Crippen LogP contribution >= 0.6 is 23.2 Å². The van der Waals surface area contributed by atoms with Crippen LogP contribution in [0.5, 0.6) is 5.75 Å². The monoisotopic (exact) mass is 490 g/mol. The number of likely N-dealkylation sites (tertiary alicyclic amines) is 1. The van der Waals surface area contributed by atoms with Crippen LogP contribution < -0.4 is 4.74 Å². The molecule has 2 aromatic rings. The number of piperidine rings is 1. The summed E-state index contributed by atoms with van der Waals surface area (Å²) in [7, 11) is 0. The highest BCUT2D eigenvalue weighted by molar-refractivity contribution is 6.33. The van der Waals surface area contributed by atoms with E-state index in [4.69, 9.17) is 32.7 Å². The third kappa shape index (κ3) is 5.99. The van der Waals surface area contributed by atoms with Crippen molar-refractivity contribution in [3.8, 4) is 5.75 Å². The Hall–Kier alpha value is -2.28. The Labute approximate surface area is 204 Å². The van der Waals surface area contributed by atoms with Crippen molar-refractivity contribution in [2.75, 3.05) is 46.0 Å². The van der Waals surface area contributed by atoms with Gasteiger partial charge in [-0.15, -0.1) is 0 Å². The number of morpholine rings is 1. The third-order valence-corrected chi connectivity index (χ3v) is 6.88. The van der Waals surface area contributed by atoms with E-state index in [1.54, 1.807) is 30.3 Å². The molecule has 176 valence electrons. The molecular formula is C25H28Cl2N2O4. The summed E-state index contributed by atoms with van der Waals surface area (Å²) < 4.78 is 11.5. The maximum atomic E-state index is 13.3. The minimum Gasteiger partial charge on any atom is -0.493 e. The second kappa shape index (κ2) is 10.8. The van der Waals surface area contributed by atoms with Gasteiger partial charge < -0.3 is 19.3 Å². The first-order valence-corrected chi connectivity index (χ1v) is 12.0. The Bertz CT molecular complexity index is 979. The van der Waals surface area contributed by atoms with Crippen LogP contribution in [0.3, 0.4) is 0 Å². The maximum absolute atomic E-state index is 13.3. The van der Waals surface area contributed by atoms with Crippen LogP contribution in [-0.4, -0.2) is 67.6 Å². The molecule has 2 saturated heterocycles. The topological polar surface area (TPSA) is 59.1 Å². The number of ether oxygens (including phenoxy) is 2. The molecule has 0 unspecified atom stereocenters.